The van der Waals surface area contributed by atoms with Crippen molar-refractivity contribution in [2.24, 2.45) is 0 Å². The predicted molar refractivity (Wildman–Crippen MR) is 125 cm³/mol. The van der Waals surface area contributed by atoms with E-state index in [9.17, 15) is 9.36 Å². The Hall–Kier alpha value is 0.568. The Morgan fingerprint density at radius 2 is 1.11 bits per heavy atom. The van der Waals surface area contributed by atoms with Gasteiger partial charge in [-0.25, -0.2) is 4.57 Å². The van der Waals surface area contributed by atoms with Crippen LogP contribution in [-0.2, 0) is 31.2 Å². The van der Waals surface area contributed by atoms with Crippen molar-refractivity contribution in [3.8, 4) is 0 Å². The molecule has 0 fully saturated rings. The van der Waals surface area contributed by atoms with Gasteiger partial charge in [-0.15, -0.1) is 0 Å². The first kappa shape index (κ1) is 28.6. The molecule has 12 heteroatoms. The lowest BCUT2D eigenvalue weighted by Gasteiger charge is -2.35. The summed E-state index contributed by atoms with van der Waals surface area (Å²) in [5, 5.41) is 0. The van der Waals surface area contributed by atoms with Gasteiger partial charge in [0.2, 0.25) is 0 Å². The van der Waals surface area contributed by atoms with Crippen molar-refractivity contribution in [2.45, 2.75) is 90.8 Å². The third-order valence-corrected chi connectivity index (χ3v) is 11.3. The fraction of sp³-hybridized carbons (Fsp3) is 0.938. The SMILES string of the molecule is C[Si](C)(C)OC(C=O)C(COP(=O)(O[Si](C)(C)C)O[Si](C)(C)C)O[Si](C)(C)C. The quantitative estimate of drug-likeness (QED) is 0.194. The first-order valence-corrected chi connectivity index (χ1v) is 24.7. The number of hydrogen-bond acceptors (Lipinski definition) is 7. The van der Waals surface area contributed by atoms with Crippen LogP contribution in [0.4, 0.5) is 0 Å². The normalized spacial score (nSPS) is 16.7. The average Bonchev–Trinajstić information content (AvgIpc) is 2.34. The lowest BCUT2D eigenvalue weighted by molar-refractivity contribution is -0.119. The van der Waals surface area contributed by atoms with Gasteiger partial charge in [-0.2, -0.15) is 0 Å². The van der Waals surface area contributed by atoms with Gasteiger partial charge >= 0.3 is 7.82 Å². The van der Waals surface area contributed by atoms with Crippen LogP contribution in [0.15, 0.2) is 0 Å². The molecule has 7 nitrogen and oxygen atoms in total. The van der Waals surface area contributed by atoms with Crippen LogP contribution in [0.25, 0.3) is 0 Å². The Labute approximate surface area is 176 Å². The molecular formula is C16H41O7PSi4. The molecule has 0 bridgehead atoms. The summed E-state index contributed by atoms with van der Waals surface area (Å²) in [6.07, 6.45) is -0.707. The van der Waals surface area contributed by atoms with Crippen molar-refractivity contribution in [1.29, 1.82) is 0 Å². The molecule has 0 aliphatic heterocycles. The minimum Gasteiger partial charge on any atom is -0.409 e. The van der Waals surface area contributed by atoms with Crippen molar-refractivity contribution in [3.63, 3.8) is 0 Å². The van der Waals surface area contributed by atoms with Crippen LogP contribution >= 0.6 is 7.82 Å². The molecule has 0 aliphatic rings. The van der Waals surface area contributed by atoms with Crippen LogP contribution in [0.5, 0.6) is 0 Å². The summed E-state index contributed by atoms with van der Waals surface area (Å²) in [6.45, 7) is 23.5. The second-order valence-electron chi connectivity index (χ2n) is 10.7. The van der Waals surface area contributed by atoms with E-state index >= 15 is 0 Å². The standard InChI is InChI=1S/C16H41O7PSi4/c1-25(2,3)20-15(13-17)16(21-26(4,5)6)14-19-24(18,22-27(7,8)9)23-28(10,11)12/h13,15-16H,14H2,1-12H3. The average molecular weight is 489 g/mol. The van der Waals surface area contributed by atoms with Gasteiger partial charge in [0, 0.05) is 0 Å². The molecule has 2 atom stereocenters. The molecule has 28 heavy (non-hydrogen) atoms. The first-order chi connectivity index (χ1) is 12.1. The van der Waals surface area contributed by atoms with Crippen molar-refractivity contribution in [1.82, 2.24) is 0 Å². The molecule has 2 unspecified atom stereocenters. The van der Waals surface area contributed by atoms with Crippen LogP contribution in [0.3, 0.4) is 0 Å². The highest BCUT2D eigenvalue weighted by molar-refractivity contribution is 7.52. The van der Waals surface area contributed by atoms with E-state index < -0.39 is 53.3 Å². The van der Waals surface area contributed by atoms with Crippen LogP contribution in [0.1, 0.15) is 0 Å². The molecule has 0 saturated heterocycles. The fourth-order valence-electron chi connectivity index (χ4n) is 2.16. The number of carbonyl (C=O) groups is 1. The third-order valence-electron chi connectivity index (χ3n) is 2.66. The van der Waals surface area contributed by atoms with E-state index in [1.807, 2.05) is 78.6 Å². The van der Waals surface area contributed by atoms with Crippen LogP contribution in [0.2, 0.25) is 78.6 Å². The van der Waals surface area contributed by atoms with Crippen molar-refractivity contribution in [3.05, 3.63) is 0 Å². The number of hydrogen-bond donors (Lipinski definition) is 0. The molecule has 0 rings (SSSR count). The summed E-state index contributed by atoms with van der Waals surface area (Å²) in [7, 11) is -12.2. The smallest absolute Gasteiger partial charge is 0.409 e. The molecule has 0 aromatic heterocycles. The molecule has 168 valence electrons. The highest BCUT2D eigenvalue weighted by Gasteiger charge is 2.40. The Morgan fingerprint density at radius 3 is 1.39 bits per heavy atom. The van der Waals surface area contributed by atoms with Crippen molar-refractivity contribution < 1.29 is 31.2 Å². The Kier molecular flexibility index (Phi) is 10.5. The van der Waals surface area contributed by atoms with Gasteiger partial charge in [0.25, 0.3) is 0 Å². The van der Waals surface area contributed by atoms with Gasteiger partial charge in [-0.3, -0.25) is 4.52 Å². The molecule has 0 heterocycles. The van der Waals surface area contributed by atoms with E-state index in [0.717, 1.165) is 6.29 Å². The molecule has 0 aromatic carbocycles. The van der Waals surface area contributed by atoms with E-state index in [1.54, 1.807) is 0 Å². The molecule has 0 saturated carbocycles. The predicted octanol–water partition coefficient (Wildman–Crippen LogP) is 5.45. The minimum absolute atomic E-state index is 0.0929. The summed E-state index contributed by atoms with van der Waals surface area (Å²) in [5.74, 6) is 0. The summed E-state index contributed by atoms with van der Waals surface area (Å²) in [6, 6.07) is 0. The van der Waals surface area contributed by atoms with E-state index in [0.29, 0.717) is 0 Å². The van der Waals surface area contributed by atoms with Crippen molar-refractivity contribution in [2.75, 3.05) is 6.61 Å². The van der Waals surface area contributed by atoms with Crippen LogP contribution in [-0.4, -0.2) is 58.4 Å². The highest BCUT2D eigenvalue weighted by atomic mass is 31.2. The number of carbonyl (C=O) groups excluding carboxylic acids is 1. The van der Waals surface area contributed by atoms with Gasteiger partial charge in [-0.05, 0) is 78.6 Å². The van der Waals surface area contributed by atoms with E-state index in [2.05, 4.69) is 0 Å². The molecule has 0 N–H and O–H groups in total. The number of rotatable bonds is 13. The van der Waals surface area contributed by atoms with E-state index in [-0.39, 0.29) is 6.61 Å². The lowest BCUT2D eigenvalue weighted by Crippen LogP contribution is -2.47. The number of phosphoric acid groups is 1. The fourth-order valence-corrected chi connectivity index (χ4v) is 10.9. The lowest BCUT2D eigenvalue weighted by atomic mass is 10.2. The molecular weight excluding hydrogens is 447 g/mol. The molecule has 0 amide bonds. The maximum Gasteiger partial charge on any atom is 0.455 e. The zero-order valence-electron chi connectivity index (χ0n) is 19.7. The van der Waals surface area contributed by atoms with Gasteiger partial charge < -0.3 is 22.1 Å². The maximum absolute atomic E-state index is 13.3. The van der Waals surface area contributed by atoms with Crippen LogP contribution < -0.4 is 0 Å². The molecule has 0 aliphatic carbocycles. The van der Waals surface area contributed by atoms with E-state index in [4.69, 9.17) is 21.8 Å². The summed E-state index contributed by atoms with van der Waals surface area (Å²) < 4.78 is 42.9. The largest absolute Gasteiger partial charge is 0.455 e. The first-order valence-electron chi connectivity index (χ1n) is 9.62. The van der Waals surface area contributed by atoms with Crippen molar-refractivity contribution >= 4 is 47.4 Å². The minimum atomic E-state index is -3.78. The second kappa shape index (κ2) is 10.3. The zero-order valence-corrected chi connectivity index (χ0v) is 24.6. The second-order valence-corrected chi connectivity index (χ2v) is 30.7. The molecule has 0 radical (unpaired) electrons. The summed E-state index contributed by atoms with van der Waals surface area (Å²) in [4.78, 5) is 11.8. The maximum atomic E-state index is 13.3. The van der Waals surface area contributed by atoms with E-state index in [1.165, 1.54) is 0 Å². The van der Waals surface area contributed by atoms with Gasteiger partial charge in [0.15, 0.2) is 33.3 Å². The summed E-state index contributed by atoms with van der Waals surface area (Å²) >= 11 is 0. The Bertz CT molecular complexity index is 527. The number of aldehydes is 1. The Balaban J connectivity index is 5.61. The van der Waals surface area contributed by atoms with Crippen LogP contribution in [0, 0.1) is 0 Å². The highest BCUT2D eigenvalue weighted by Crippen LogP contribution is 2.54. The van der Waals surface area contributed by atoms with Gasteiger partial charge in [-0.1, -0.05) is 0 Å². The van der Waals surface area contributed by atoms with Gasteiger partial charge in [0.05, 0.1) is 6.61 Å². The molecule has 0 spiro atoms. The summed E-state index contributed by atoms with van der Waals surface area (Å²) in [5.41, 5.74) is 0. The zero-order chi connectivity index (χ0) is 22.6. The molecule has 0 aromatic rings. The monoisotopic (exact) mass is 488 g/mol. The van der Waals surface area contributed by atoms with Gasteiger partial charge in [0.1, 0.15) is 18.5 Å². The Morgan fingerprint density at radius 1 is 0.714 bits per heavy atom. The third kappa shape index (κ3) is 14.5. The topological polar surface area (TPSA) is 80.3 Å².